The molecule has 0 atom stereocenters. The van der Waals surface area contributed by atoms with Crippen molar-refractivity contribution < 1.29 is 0 Å². The van der Waals surface area contributed by atoms with Crippen LogP contribution in [-0.4, -0.2) is 9.13 Å². The van der Waals surface area contributed by atoms with Crippen LogP contribution < -0.4 is 0 Å². The Morgan fingerprint density at radius 2 is 0.850 bits per heavy atom. The number of rotatable bonds is 8. The number of fused-ring (bicyclic) bond motifs is 7. The largest absolute Gasteiger partial charge is 0.339 e. The van der Waals surface area contributed by atoms with E-state index in [0.29, 0.717) is 0 Å². The first-order valence-corrected chi connectivity index (χ1v) is 14.9. The van der Waals surface area contributed by atoms with Gasteiger partial charge in [-0.1, -0.05) is 112 Å². The average Bonchev–Trinajstić information content (AvgIpc) is 3.51. The van der Waals surface area contributed by atoms with Crippen LogP contribution in [0.2, 0.25) is 0 Å². The monoisotopic (exact) mass is 520 g/mol. The number of benzene rings is 5. The Bertz CT molecular complexity index is 1810. The van der Waals surface area contributed by atoms with E-state index in [1.807, 2.05) is 0 Å². The third-order valence-electron chi connectivity index (χ3n) is 8.53. The second-order valence-electron chi connectivity index (χ2n) is 11.1. The fourth-order valence-electron chi connectivity index (χ4n) is 6.49. The van der Waals surface area contributed by atoms with Crippen molar-refractivity contribution in [2.45, 2.75) is 52.6 Å². The van der Waals surface area contributed by atoms with Gasteiger partial charge < -0.3 is 9.13 Å². The van der Waals surface area contributed by atoms with Crippen LogP contribution in [0.15, 0.2) is 109 Å². The van der Waals surface area contributed by atoms with Crippen LogP contribution in [-0.2, 0) is 13.1 Å². The van der Waals surface area contributed by atoms with Crippen molar-refractivity contribution >= 4 is 43.6 Å². The minimum atomic E-state index is 1.03. The molecule has 0 aliphatic heterocycles. The number of aromatic nitrogens is 2. The minimum Gasteiger partial charge on any atom is -0.339 e. The average molecular weight is 521 g/mol. The fraction of sp³-hybridized carbons (Fsp3) is 0.211. The van der Waals surface area contributed by atoms with Gasteiger partial charge in [0.2, 0.25) is 0 Å². The third kappa shape index (κ3) is 4.02. The van der Waals surface area contributed by atoms with Crippen molar-refractivity contribution in [3.8, 4) is 22.3 Å². The van der Waals surface area contributed by atoms with E-state index < -0.39 is 0 Å². The fourth-order valence-corrected chi connectivity index (χ4v) is 6.49. The van der Waals surface area contributed by atoms with Gasteiger partial charge in [-0.05, 0) is 59.4 Å². The summed E-state index contributed by atoms with van der Waals surface area (Å²) in [4.78, 5) is 0. The minimum absolute atomic E-state index is 1.03. The summed E-state index contributed by atoms with van der Waals surface area (Å²) >= 11 is 0. The Morgan fingerprint density at radius 1 is 0.425 bits per heavy atom. The highest BCUT2D eigenvalue weighted by Crippen LogP contribution is 2.41. The molecule has 40 heavy (non-hydrogen) atoms. The van der Waals surface area contributed by atoms with Crippen molar-refractivity contribution in [2.24, 2.45) is 0 Å². The molecule has 0 saturated heterocycles. The maximum Gasteiger partial charge on any atom is 0.0739 e. The van der Waals surface area contributed by atoms with Crippen molar-refractivity contribution in [2.75, 3.05) is 0 Å². The number of hydrogen-bond donors (Lipinski definition) is 0. The van der Waals surface area contributed by atoms with Crippen molar-refractivity contribution in [1.29, 1.82) is 0 Å². The van der Waals surface area contributed by atoms with Gasteiger partial charge >= 0.3 is 0 Å². The van der Waals surface area contributed by atoms with E-state index in [1.165, 1.54) is 91.5 Å². The molecule has 2 heteroatoms. The van der Waals surface area contributed by atoms with Gasteiger partial charge in [-0.2, -0.15) is 0 Å². The molecular weight excluding hydrogens is 484 g/mol. The molecule has 0 unspecified atom stereocenters. The molecule has 0 N–H and O–H groups in total. The lowest BCUT2D eigenvalue weighted by molar-refractivity contribution is 0.655. The Labute approximate surface area is 236 Å². The standard InChI is InChI=1S/C38H36N2/c1-3-5-23-39-35-21-17-29(27-13-9-7-10-14-27)25-33(35)31-19-20-32-34-26-30(28-15-11-8-12-16-28)18-22-36(34)40(24-6-4-2)38(32)37(31)39/h7-22,25-26H,3-6,23-24H2,1-2H3. The molecule has 7 rings (SSSR count). The van der Waals surface area contributed by atoms with Gasteiger partial charge in [0, 0.05) is 45.7 Å². The maximum absolute atomic E-state index is 2.62. The van der Waals surface area contributed by atoms with Crippen LogP contribution in [0.1, 0.15) is 39.5 Å². The van der Waals surface area contributed by atoms with Crippen molar-refractivity contribution in [1.82, 2.24) is 9.13 Å². The molecule has 0 radical (unpaired) electrons. The van der Waals surface area contributed by atoms with Crippen molar-refractivity contribution in [3.63, 3.8) is 0 Å². The molecule has 0 spiro atoms. The smallest absolute Gasteiger partial charge is 0.0739 e. The molecule has 5 aromatic carbocycles. The van der Waals surface area contributed by atoms with Gasteiger partial charge in [0.25, 0.3) is 0 Å². The maximum atomic E-state index is 2.62. The lowest BCUT2D eigenvalue weighted by atomic mass is 10.0. The van der Waals surface area contributed by atoms with E-state index >= 15 is 0 Å². The summed E-state index contributed by atoms with van der Waals surface area (Å²) in [6.07, 6.45) is 4.70. The van der Waals surface area contributed by atoms with E-state index in [-0.39, 0.29) is 0 Å². The van der Waals surface area contributed by atoms with E-state index in [0.717, 1.165) is 13.1 Å². The highest BCUT2D eigenvalue weighted by atomic mass is 15.0. The number of unbranched alkanes of at least 4 members (excludes halogenated alkanes) is 2. The summed E-state index contributed by atoms with van der Waals surface area (Å²) in [5.41, 5.74) is 10.6. The topological polar surface area (TPSA) is 9.86 Å². The van der Waals surface area contributed by atoms with Crippen LogP contribution >= 0.6 is 0 Å². The van der Waals surface area contributed by atoms with E-state index in [2.05, 4.69) is 132 Å². The van der Waals surface area contributed by atoms with Gasteiger partial charge in [-0.3, -0.25) is 0 Å². The Hall–Kier alpha value is -4.30. The predicted octanol–water partition coefficient (Wildman–Crippen LogP) is 10.8. The first-order chi connectivity index (χ1) is 19.8. The van der Waals surface area contributed by atoms with Crippen LogP contribution in [0.3, 0.4) is 0 Å². The molecular formula is C38H36N2. The summed E-state index contributed by atoms with van der Waals surface area (Å²) in [6.45, 7) is 6.65. The molecule has 7 aromatic rings. The zero-order chi connectivity index (χ0) is 27.1. The quantitative estimate of drug-likeness (QED) is 0.189. The first-order valence-electron chi connectivity index (χ1n) is 14.9. The van der Waals surface area contributed by atoms with Crippen LogP contribution in [0, 0.1) is 0 Å². The molecule has 198 valence electrons. The zero-order valence-electron chi connectivity index (χ0n) is 23.5. The Morgan fingerprint density at radius 3 is 1.25 bits per heavy atom. The lowest BCUT2D eigenvalue weighted by Gasteiger charge is -2.11. The summed E-state index contributed by atoms with van der Waals surface area (Å²) in [5, 5.41) is 5.43. The van der Waals surface area contributed by atoms with Gasteiger partial charge in [0.15, 0.2) is 0 Å². The zero-order valence-corrected chi connectivity index (χ0v) is 23.5. The van der Waals surface area contributed by atoms with E-state index in [1.54, 1.807) is 0 Å². The second-order valence-corrected chi connectivity index (χ2v) is 11.1. The molecule has 0 fully saturated rings. The Balaban J connectivity index is 1.56. The molecule has 0 aliphatic carbocycles. The molecule has 0 bridgehead atoms. The highest BCUT2D eigenvalue weighted by molar-refractivity contribution is 6.23. The first kappa shape index (κ1) is 24.7. The number of hydrogen-bond acceptors (Lipinski definition) is 0. The van der Waals surface area contributed by atoms with Gasteiger partial charge in [0.1, 0.15) is 0 Å². The highest BCUT2D eigenvalue weighted by Gasteiger charge is 2.20. The summed E-state index contributed by atoms with van der Waals surface area (Å²) < 4.78 is 5.23. The lowest BCUT2D eigenvalue weighted by Crippen LogP contribution is -2.02. The summed E-state index contributed by atoms with van der Waals surface area (Å²) in [5.74, 6) is 0. The molecule has 0 saturated carbocycles. The number of aryl methyl sites for hydroxylation is 2. The predicted molar refractivity (Wildman–Crippen MR) is 173 cm³/mol. The van der Waals surface area contributed by atoms with E-state index in [9.17, 15) is 0 Å². The SMILES string of the molecule is CCCCn1c2ccc(-c3ccccc3)cc2c2ccc3c4cc(-c5ccccc5)ccc4n(CCCC)c3c21. The molecule has 2 nitrogen and oxygen atoms in total. The third-order valence-corrected chi connectivity index (χ3v) is 8.53. The molecule has 0 amide bonds. The molecule has 2 aromatic heterocycles. The van der Waals surface area contributed by atoms with E-state index in [4.69, 9.17) is 0 Å². The van der Waals surface area contributed by atoms with Crippen LogP contribution in [0.4, 0.5) is 0 Å². The van der Waals surface area contributed by atoms with Gasteiger partial charge in [0.05, 0.1) is 11.0 Å². The second kappa shape index (κ2) is 10.4. The normalized spacial score (nSPS) is 11.8. The van der Waals surface area contributed by atoms with Gasteiger partial charge in [-0.15, -0.1) is 0 Å². The number of nitrogens with zero attached hydrogens (tertiary/aromatic N) is 2. The molecule has 0 aliphatic rings. The van der Waals surface area contributed by atoms with Crippen LogP contribution in [0.25, 0.3) is 65.9 Å². The van der Waals surface area contributed by atoms with Crippen LogP contribution in [0.5, 0.6) is 0 Å². The van der Waals surface area contributed by atoms with Gasteiger partial charge in [-0.25, -0.2) is 0 Å². The Kier molecular flexibility index (Phi) is 6.40. The molecule has 2 heterocycles. The summed E-state index contributed by atoms with van der Waals surface area (Å²) in [7, 11) is 0. The summed E-state index contributed by atoms with van der Waals surface area (Å²) in [6, 6.07) is 40.4. The van der Waals surface area contributed by atoms with Crippen molar-refractivity contribution in [3.05, 3.63) is 109 Å².